The average Bonchev–Trinajstić information content (AvgIpc) is 1.51. The first-order valence-electron chi connectivity index (χ1n) is 53.4. The van der Waals surface area contributed by atoms with E-state index in [1.807, 2.05) is 96.9 Å². The third-order valence-electron chi connectivity index (χ3n) is 37.9. The monoisotopic (exact) mass is 1950 g/mol. The lowest BCUT2D eigenvalue weighted by Crippen LogP contribution is -2.61. The number of hydrogen-bond donors (Lipinski definition) is 1. The molecule has 0 aromatic heterocycles. The first kappa shape index (κ1) is 110. The van der Waals surface area contributed by atoms with Crippen molar-refractivity contribution in [1.29, 1.82) is 5.26 Å². The predicted molar refractivity (Wildman–Crippen MR) is 511 cm³/mol. The van der Waals surface area contributed by atoms with E-state index in [1.54, 1.807) is 48.5 Å². The minimum atomic E-state index is -1.28. The molecule has 3 saturated heterocycles. The van der Waals surface area contributed by atoms with Gasteiger partial charge in [0.2, 0.25) is 0 Å². The Morgan fingerprint density at radius 3 is 1.21 bits per heavy atom. The van der Waals surface area contributed by atoms with Crippen molar-refractivity contribution < 1.29 is 129 Å². The van der Waals surface area contributed by atoms with Crippen LogP contribution in [0, 0.1) is 136 Å². The quantitative estimate of drug-likeness (QED) is 0.0413. The van der Waals surface area contributed by atoms with E-state index in [2.05, 4.69) is 40.7 Å². The zero-order valence-electron chi connectivity index (χ0n) is 89.1. The maximum Gasteiger partial charge on any atom is 0.344 e. The normalized spacial score (nSPS) is 35.4. The van der Waals surface area contributed by atoms with Crippen LogP contribution in [0.5, 0.6) is 0 Å². The maximum atomic E-state index is 13.3. The van der Waals surface area contributed by atoms with Gasteiger partial charge in [0, 0.05) is 47.3 Å². The van der Waals surface area contributed by atoms with Crippen LogP contribution in [0.15, 0.2) is 0 Å². The lowest BCUT2D eigenvalue weighted by atomic mass is 9.45. The smallest absolute Gasteiger partial charge is 0.344 e. The van der Waals surface area contributed by atoms with E-state index in [4.69, 9.17) is 61.6 Å². The molecular formula is C111H171NO27. The Kier molecular flexibility index (Phi) is 32.2. The third kappa shape index (κ3) is 21.8. The summed E-state index contributed by atoms with van der Waals surface area (Å²) in [6.45, 7) is 49.4. The molecule has 14 bridgehead atoms. The summed E-state index contributed by atoms with van der Waals surface area (Å²) >= 11 is 0. The average molecular weight is 1950 g/mol. The highest BCUT2D eigenvalue weighted by Crippen LogP contribution is 2.69. The highest BCUT2D eigenvalue weighted by Gasteiger charge is 2.78. The van der Waals surface area contributed by atoms with Crippen LogP contribution in [0.1, 0.15) is 405 Å². The number of carbonyl (C=O) groups is 13. The predicted octanol–water partition coefficient (Wildman–Crippen LogP) is 19.8. The molecule has 0 amide bonds. The molecule has 0 radical (unpaired) electrons. The van der Waals surface area contributed by atoms with Crippen molar-refractivity contribution in [2.24, 2.45) is 125 Å². The topological polar surface area (TPSA) is 386 Å². The van der Waals surface area contributed by atoms with Crippen LogP contribution in [-0.2, 0) is 124 Å². The molecule has 19 rings (SSSR count). The number of carbonyl (C=O) groups excluding carboxylic acids is 13. The summed E-state index contributed by atoms with van der Waals surface area (Å²) in [5.74, 6) is -1.91. The zero-order chi connectivity index (χ0) is 103. The molecule has 139 heavy (non-hydrogen) atoms. The van der Waals surface area contributed by atoms with Crippen LogP contribution in [0.2, 0.25) is 0 Å². The highest BCUT2D eigenvalue weighted by molar-refractivity contribution is 6.04. The van der Waals surface area contributed by atoms with E-state index >= 15 is 0 Å². The molecule has 19 aliphatic rings. The van der Waals surface area contributed by atoms with Crippen molar-refractivity contribution in [2.45, 2.75) is 475 Å². The fourth-order valence-corrected chi connectivity index (χ4v) is 27.0. The van der Waals surface area contributed by atoms with Crippen molar-refractivity contribution in [1.82, 2.24) is 0 Å². The molecule has 18 unspecified atom stereocenters. The first-order valence-corrected chi connectivity index (χ1v) is 53.4. The minimum absolute atomic E-state index is 0.00935. The van der Waals surface area contributed by atoms with Gasteiger partial charge in [-0.25, -0.2) is 9.59 Å². The largest absolute Gasteiger partial charge is 0.459 e. The van der Waals surface area contributed by atoms with Gasteiger partial charge in [-0.15, -0.1) is 0 Å². The molecule has 0 aromatic rings. The van der Waals surface area contributed by atoms with Crippen molar-refractivity contribution in [3.05, 3.63) is 0 Å². The molecule has 28 heteroatoms. The summed E-state index contributed by atoms with van der Waals surface area (Å²) in [5.41, 5.74) is -8.96. The van der Waals surface area contributed by atoms with Crippen LogP contribution in [0.3, 0.4) is 0 Å². The van der Waals surface area contributed by atoms with Gasteiger partial charge < -0.3 is 66.7 Å². The van der Waals surface area contributed by atoms with Crippen molar-refractivity contribution in [3.8, 4) is 6.07 Å². The molecular weight excluding hydrogens is 1780 g/mol. The lowest BCUT2D eigenvalue weighted by molar-refractivity contribution is -0.225. The molecule has 3 aliphatic heterocycles. The summed E-state index contributed by atoms with van der Waals surface area (Å²) in [7, 11) is 0. The summed E-state index contributed by atoms with van der Waals surface area (Å²) in [6, 6.07) is 2.10. The van der Waals surface area contributed by atoms with Gasteiger partial charge in [0.15, 0.2) is 29.5 Å². The van der Waals surface area contributed by atoms with Gasteiger partial charge in [-0.3, -0.25) is 52.7 Å². The second-order valence-corrected chi connectivity index (χ2v) is 51.3. The second kappa shape index (κ2) is 40.5. The van der Waals surface area contributed by atoms with Gasteiger partial charge in [0.05, 0.1) is 44.2 Å². The minimum Gasteiger partial charge on any atom is -0.459 e. The Hall–Kier alpha value is -7.44. The van der Waals surface area contributed by atoms with Crippen LogP contribution < -0.4 is 0 Å². The van der Waals surface area contributed by atoms with Crippen LogP contribution >= 0.6 is 0 Å². The van der Waals surface area contributed by atoms with Gasteiger partial charge in [0.1, 0.15) is 64.6 Å². The summed E-state index contributed by atoms with van der Waals surface area (Å²) in [4.78, 5) is 161. The molecule has 1 N–H and O–H groups in total. The van der Waals surface area contributed by atoms with Crippen molar-refractivity contribution in [2.75, 3.05) is 13.2 Å². The second-order valence-electron chi connectivity index (χ2n) is 51.3. The Balaban J connectivity index is 0.000000151. The molecule has 28 nitrogen and oxygen atoms in total. The number of fused-ring (bicyclic) bond motifs is 3. The number of aliphatic hydroxyl groups is 1. The Bertz CT molecular complexity index is 4570. The molecule has 16 aliphatic carbocycles. The van der Waals surface area contributed by atoms with E-state index in [0.29, 0.717) is 75.5 Å². The molecule has 3 heterocycles. The maximum absolute atomic E-state index is 13.3. The van der Waals surface area contributed by atoms with Crippen molar-refractivity contribution in [3.63, 3.8) is 0 Å². The number of esters is 13. The Morgan fingerprint density at radius 1 is 0.396 bits per heavy atom. The number of hydrogen-bond acceptors (Lipinski definition) is 28. The summed E-state index contributed by atoms with van der Waals surface area (Å²) < 4.78 is 72.8. The van der Waals surface area contributed by atoms with E-state index < -0.39 is 158 Å². The lowest BCUT2D eigenvalue weighted by Gasteiger charge is -2.62. The van der Waals surface area contributed by atoms with Crippen LogP contribution in [0.4, 0.5) is 0 Å². The Labute approximate surface area is 827 Å². The molecule has 18 atom stereocenters. The van der Waals surface area contributed by atoms with Crippen molar-refractivity contribution >= 4 is 77.6 Å². The van der Waals surface area contributed by atoms with E-state index in [-0.39, 0.29) is 98.9 Å². The van der Waals surface area contributed by atoms with Crippen LogP contribution in [0.25, 0.3) is 0 Å². The molecule has 782 valence electrons. The highest BCUT2D eigenvalue weighted by atomic mass is 16.6. The van der Waals surface area contributed by atoms with E-state index in [1.165, 1.54) is 77.0 Å². The third-order valence-corrected chi connectivity index (χ3v) is 37.9. The number of rotatable bonds is 29. The SMILES string of the molecule is CCC(C)(C)C(=O)OC(C)(C)C1CCCCC1.CCC(C)(C)C(=O)OC(C)(CC)C12CC3CC(CC(C3)C1)C2.CCC(C)(C)C(=O)OC12CC3CC(CC(O)(C3)C1)C2.CCC(C)(C)C(=O)OC1C2CC3C1OC(=O)C3(C(=O)OC(C)(C)C)C2.CCC(C)(C)C(=O)OCC(=O)OC1C2CC3C1OC(=O)C3(C#N)C2.CCC1(OC(=O)C23CC4CC2C(OC3=O)C4OC(=O)COC(=O)C(C)(C)CC)CCCC1. The first-order chi connectivity index (χ1) is 64.5. The van der Waals surface area contributed by atoms with Crippen LogP contribution in [-0.4, -0.2) is 166 Å². The van der Waals surface area contributed by atoms with Gasteiger partial charge in [0.25, 0.3) is 0 Å². The molecule has 0 spiro atoms. The van der Waals surface area contributed by atoms with Gasteiger partial charge in [-0.05, 0) is 359 Å². The zero-order valence-corrected chi connectivity index (χ0v) is 89.1. The Morgan fingerprint density at radius 2 is 0.784 bits per heavy atom. The molecule has 19 fully saturated rings. The summed E-state index contributed by atoms with van der Waals surface area (Å²) in [6.07, 6.45) is 29.3. The standard InChI is InChI=1S/C24H34O8.C20H34O2.C19H28O6.C17H21NO6.C16H26O3.C15H28O2/c1-5-22(3,4)19(26)29-13-16(25)30-17-14-11-15-18(17)31-20(27)24(15,12-14)21(28)32-23(6-2)9-7-8-10-23;1-6-18(3,4)17(21)22-19(5,7-2)20-11-14-8-15(12-20)10-16(9-14)13-20;1-7-18(5,6)14(20)23-12-10-8-11-13(12)24-15(21)19(11,9-10)16(22)25-17(2,3)4;1-4-16(2,3)14(20)22-7-11(19)23-12-9-5-10-13(12)24-15(21)17(10,6-9)8-18;1-4-14(2,3)13(17)19-16-8-11-5-12(9-16)7-15(18,6-11)10-16;1-6-14(2,3)13(16)17-15(4,5)12-10-8-7-9-11-12/h14-15,17-18H,5-13H2,1-4H3;14-16H,6-13H2,1-5H3;10-13H,7-9H2,1-6H3;9-10,12-13H,4-7H2,1-3H3;11-12,18H,4-10H2,1-3H3;12H,6-11H2,1-5H3. The van der Waals surface area contributed by atoms with E-state index in [9.17, 15) is 72.7 Å². The fourth-order valence-electron chi connectivity index (χ4n) is 27.0. The van der Waals surface area contributed by atoms with E-state index in [0.717, 1.165) is 101 Å². The number of nitriles is 1. The number of ether oxygens (including phenoxy) is 13. The number of nitrogens with zero attached hydrogens (tertiary/aromatic N) is 1. The fraction of sp³-hybridized carbons (Fsp3) is 0.874. The molecule has 0 aromatic carbocycles. The van der Waals surface area contributed by atoms with Gasteiger partial charge in [-0.1, -0.05) is 74.7 Å². The van der Waals surface area contributed by atoms with Gasteiger partial charge >= 0.3 is 77.6 Å². The van der Waals surface area contributed by atoms with Gasteiger partial charge in [-0.2, -0.15) is 5.26 Å². The summed E-state index contributed by atoms with van der Waals surface area (Å²) in [5, 5.41) is 20.0. The molecule has 16 saturated carbocycles.